The predicted octanol–water partition coefficient (Wildman–Crippen LogP) is 1.30. The van der Waals surface area contributed by atoms with Gasteiger partial charge in [0.1, 0.15) is 17.5 Å². The smallest absolute Gasteiger partial charge is 0.220 e. The van der Waals surface area contributed by atoms with Crippen molar-refractivity contribution in [3.63, 3.8) is 0 Å². The zero-order valence-electron chi connectivity index (χ0n) is 11.5. The summed E-state index contributed by atoms with van der Waals surface area (Å²) in [5.74, 6) is 2.46. The zero-order valence-corrected chi connectivity index (χ0v) is 11.5. The Morgan fingerprint density at radius 1 is 1.37 bits per heavy atom. The highest BCUT2D eigenvalue weighted by Crippen LogP contribution is 2.18. The van der Waals surface area contributed by atoms with E-state index in [9.17, 15) is 4.79 Å². The standard InChI is InChI=1S/C13H21N5O/c1-9-16-11(14-2)8-12(17-9)15-7-3-4-13(19)18-10-5-6-10/h8,10H,3-7H2,1-2H3,(H,18,19)(H2,14,15,16,17). The maximum atomic E-state index is 11.5. The first-order chi connectivity index (χ1) is 9.17. The van der Waals surface area contributed by atoms with Gasteiger partial charge >= 0.3 is 0 Å². The Hall–Kier alpha value is -1.85. The summed E-state index contributed by atoms with van der Waals surface area (Å²) in [6.07, 6.45) is 3.64. The van der Waals surface area contributed by atoms with Gasteiger partial charge in [0.25, 0.3) is 0 Å². The topological polar surface area (TPSA) is 78.9 Å². The van der Waals surface area contributed by atoms with Crippen molar-refractivity contribution in [1.82, 2.24) is 15.3 Å². The van der Waals surface area contributed by atoms with Crippen LogP contribution < -0.4 is 16.0 Å². The minimum atomic E-state index is 0.152. The summed E-state index contributed by atoms with van der Waals surface area (Å²) in [5, 5.41) is 9.18. The number of nitrogens with one attached hydrogen (secondary N) is 3. The second kappa shape index (κ2) is 6.36. The van der Waals surface area contributed by atoms with Crippen molar-refractivity contribution in [2.75, 3.05) is 24.2 Å². The highest BCUT2D eigenvalue weighted by atomic mass is 16.1. The number of hydrogen-bond acceptors (Lipinski definition) is 5. The summed E-state index contributed by atoms with van der Waals surface area (Å²) in [5.41, 5.74) is 0. The van der Waals surface area contributed by atoms with Crippen LogP contribution in [0.2, 0.25) is 0 Å². The molecule has 0 aliphatic heterocycles. The Morgan fingerprint density at radius 3 is 2.79 bits per heavy atom. The van der Waals surface area contributed by atoms with E-state index >= 15 is 0 Å². The fourth-order valence-electron chi connectivity index (χ4n) is 1.78. The normalized spacial score (nSPS) is 14.0. The van der Waals surface area contributed by atoms with E-state index < -0.39 is 0 Å². The van der Waals surface area contributed by atoms with E-state index in [0.717, 1.165) is 43.3 Å². The molecule has 0 unspecified atom stereocenters. The second-order valence-electron chi connectivity index (χ2n) is 4.81. The van der Waals surface area contributed by atoms with Crippen LogP contribution in [0.5, 0.6) is 0 Å². The Balaban J connectivity index is 1.69. The maximum absolute atomic E-state index is 11.5. The largest absolute Gasteiger partial charge is 0.373 e. The van der Waals surface area contributed by atoms with Gasteiger partial charge in [-0.25, -0.2) is 9.97 Å². The molecule has 104 valence electrons. The van der Waals surface area contributed by atoms with Crippen molar-refractivity contribution in [3.05, 3.63) is 11.9 Å². The third-order valence-electron chi connectivity index (χ3n) is 2.92. The Morgan fingerprint density at radius 2 is 2.11 bits per heavy atom. The number of aryl methyl sites for hydroxylation is 1. The van der Waals surface area contributed by atoms with Crippen LogP contribution in [0, 0.1) is 6.92 Å². The van der Waals surface area contributed by atoms with Crippen molar-refractivity contribution in [1.29, 1.82) is 0 Å². The van der Waals surface area contributed by atoms with Gasteiger partial charge in [0.2, 0.25) is 5.91 Å². The molecular formula is C13H21N5O. The van der Waals surface area contributed by atoms with Gasteiger partial charge in [-0.3, -0.25) is 4.79 Å². The van der Waals surface area contributed by atoms with Gasteiger partial charge in [-0.05, 0) is 26.2 Å². The van der Waals surface area contributed by atoms with E-state index in [-0.39, 0.29) is 5.91 Å². The van der Waals surface area contributed by atoms with E-state index in [4.69, 9.17) is 0 Å². The van der Waals surface area contributed by atoms with E-state index in [1.807, 2.05) is 20.0 Å². The monoisotopic (exact) mass is 263 g/mol. The molecule has 3 N–H and O–H groups in total. The van der Waals surface area contributed by atoms with Crippen molar-refractivity contribution >= 4 is 17.5 Å². The first-order valence-corrected chi connectivity index (χ1v) is 6.74. The molecule has 1 fully saturated rings. The van der Waals surface area contributed by atoms with Crippen LogP contribution in [0.15, 0.2) is 6.07 Å². The summed E-state index contributed by atoms with van der Waals surface area (Å²) in [4.78, 5) is 20.0. The molecule has 1 aliphatic carbocycles. The lowest BCUT2D eigenvalue weighted by molar-refractivity contribution is -0.121. The average Bonchev–Trinajstić information content (AvgIpc) is 3.18. The number of hydrogen-bond donors (Lipinski definition) is 3. The van der Waals surface area contributed by atoms with Crippen LogP contribution >= 0.6 is 0 Å². The Kier molecular flexibility index (Phi) is 4.54. The van der Waals surface area contributed by atoms with Crippen molar-refractivity contribution in [2.24, 2.45) is 0 Å². The maximum Gasteiger partial charge on any atom is 0.220 e. The third kappa shape index (κ3) is 4.73. The van der Waals surface area contributed by atoms with E-state index in [1.165, 1.54) is 0 Å². The summed E-state index contributed by atoms with van der Waals surface area (Å²) >= 11 is 0. The molecule has 0 bridgehead atoms. The number of nitrogens with zero attached hydrogens (tertiary/aromatic N) is 2. The molecule has 6 nitrogen and oxygen atoms in total. The summed E-state index contributed by atoms with van der Waals surface area (Å²) < 4.78 is 0. The Labute approximate surface area is 113 Å². The first kappa shape index (κ1) is 13.6. The molecule has 1 saturated carbocycles. The molecule has 1 aromatic rings. The lowest BCUT2D eigenvalue weighted by Gasteiger charge is -2.08. The predicted molar refractivity (Wildman–Crippen MR) is 75.2 cm³/mol. The van der Waals surface area contributed by atoms with E-state index in [1.54, 1.807) is 0 Å². The molecule has 2 rings (SSSR count). The van der Waals surface area contributed by atoms with E-state index in [2.05, 4.69) is 25.9 Å². The molecule has 1 aromatic heterocycles. The SMILES string of the molecule is CNc1cc(NCCCC(=O)NC2CC2)nc(C)n1. The third-order valence-corrected chi connectivity index (χ3v) is 2.92. The molecule has 0 aromatic carbocycles. The number of amides is 1. The van der Waals surface area contributed by atoms with E-state index in [0.29, 0.717) is 12.5 Å². The van der Waals surface area contributed by atoms with Gasteiger partial charge in [-0.2, -0.15) is 0 Å². The number of anilines is 2. The van der Waals surface area contributed by atoms with Gasteiger partial charge in [-0.15, -0.1) is 0 Å². The van der Waals surface area contributed by atoms with Gasteiger partial charge in [0.05, 0.1) is 0 Å². The van der Waals surface area contributed by atoms with Crippen LogP contribution in [0.3, 0.4) is 0 Å². The minimum Gasteiger partial charge on any atom is -0.373 e. The lowest BCUT2D eigenvalue weighted by atomic mass is 10.3. The lowest BCUT2D eigenvalue weighted by Crippen LogP contribution is -2.25. The number of aromatic nitrogens is 2. The fraction of sp³-hybridized carbons (Fsp3) is 0.615. The zero-order chi connectivity index (χ0) is 13.7. The molecule has 6 heteroatoms. The summed E-state index contributed by atoms with van der Waals surface area (Å²) in [7, 11) is 1.83. The van der Waals surface area contributed by atoms with Crippen LogP contribution in [0.25, 0.3) is 0 Å². The molecule has 19 heavy (non-hydrogen) atoms. The number of rotatable bonds is 7. The average molecular weight is 263 g/mol. The highest BCUT2D eigenvalue weighted by molar-refractivity contribution is 5.76. The highest BCUT2D eigenvalue weighted by Gasteiger charge is 2.22. The molecule has 0 spiro atoms. The van der Waals surface area contributed by atoms with Gasteiger partial charge < -0.3 is 16.0 Å². The van der Waals surface area contributed by atoms with Gasteiger partial charge in [0, 0.05) is 32.1 Å². The van der Waals surface area contributed by atoms with Gasteiger partial charge in [0.15, 0.2) is 0 Å². The number of carbonyl (C=O) groups is 1. The molecule has 0 saturated heterocycles. The molecular weight excluding hydrogens is 242 g/mol. The van der Waals surface area contributed by atoms with Crippen LogP contribution in [0.4, 0.5) is 11.6 Å². The fourth-order valence-corrected chi connectivity index (χ4v) is 1.78. The second-order valence-corrected chi connectivity index (χ2v) is 4.81. The van der Waals surface area contributed by atoms with Crippen LogP contribution in [0.1, 0.15) is 31.5 Å². The molecule has 1 amide bonds. The molecule has 1 heterocycles. The summed E-state index contributed by atoms with van der Waals surface area (Å²) in [6.45, 7) is 2.59. The quantitative estimate of drug-likeness (QED) is 0.646. The van der Waals surface area contributed by atoms with Gasteiger partial charge in [-0.1, -0.05) is 0 Å². The van der Waals surface area contributed by atoms with Crippen molar-refractivity contribution in [3.8, 4) is 0 Å². The first-order valence-electron chi connectivity index (χ1n) is 6.74. The molecule has 0 radical (unpaired) electrons. The van der Waals surface area contributed by atoms with Crippen molar-refractivity contribution in [2.45, 2.75) is 38.6 Å². The molecule has 0 atom stereocenters. The minimum absolute atomic E-state index is 0.152. The molecule has 1 aliphatic rings. The van der Waals surface area contributed by atoms with Crippen LogP contribution in [-0.4, -0.2) is 35.5 Å². The van der Waals surface area contributed by atoms with Crippen molar-refractivity contribution < 1.29 is 4.79 Å². The summed E-state index contributed by atoms with van der Waals surface area (Å²) in [6, 6.07) is 2.31. The number of carbonyl (C=O) groups excluding carboxylic acids is 1. The Bertz CT molecular complexity index is 445. The van der Waals surface area contributed by atoms with Crippen LogP contribution in [-0.2, 0) is 4.79 Å².